The summed E-state index contributed by atoms with van der Waals surface area (Å²) in [7, 11) is -3.43. The first-order chi connectivity index (χ1) is 8.71. The number of hydrogen-bond donors (Lipinski definition) is 1. The third kappa shape index (κ3) is 3.18. The van der Waals surface area contributed by atoms with Crippen molar-refractivity contribution in [2.75, 3.05) is 0 Å². The Balaban J connectivity index is 2.52. The molecule has 0 heterocycles. The van der Waals surface area contributed by atoms with E-state index in [2.05, 4.69) is 11.6 Å². The van der Waals surface area contributed by atoms with Crippen molar-refractivity contribution in [2.24, 2.45) is 0 Å². The molecule has 0 saturated heterocycles. The van der Waals surface area contributed by atoms with E-state index in [0.717, 1.165) is 31.2 Å². The Morgan fingerprint density at radius 2 is 1.63 bits per heavy atom. The number of hydrogen-bond acceptors (Lipinski definition) is 2. The Kier molecular flexibility index (Phi) is 3.76. The second-order valence-electron chi connectivity index (χ2n) is 6.40. The van der Waals surface area contributed by atoms with Gasteiger partial charge in [0.25, 0.3) is 0 Å². The molecule has 0 saturated carbocycles. The fourth-order valence-electron chi connectivity index (χ4n) is 2.72. The average Bonchev–Trinajstić information content (AvgIpc) is 2.26. The first-order valence-electron chi connectivity index (χ1n) is 6.86. The molecular weight excluding hydrogens is 258 g/mol. The second-order valence-corrected chi connectivity index (χ2v) is 8.05. The minimum absolute atomic E-state index is 0.453. The highest BCUT2D eigenvalue weighted by molar-refractivity contribution is 7.89. The van der Waals surface area contributed by atoms with Crippen LogP contribution in [0, 0.1) is 6.92 Å². The van der Waals surface area contributed by atoms with Crippen LogP contribution in [-0.4, -0.2) is 14.0 Å². The summed E-state index contributed by atoms with van der Waals surface area (Å²) in [6, 6.07) is 3.69. The lowest BCUT2D eigenvalue weighted by atomic mass is 9.89. The van der Waals surface area contributed by atoms with Crippen LogP contribution in [0.4, 0.5) is 0 Å². The second kappa shape index (κ2) is 4.91. The Labute approximate surface area is 116 Å². The smallest absolute Gasteiger partial charge is 0.207 e. The van der Waals surface area contributed by atoms with E-state index >= 15 is 0 Å². The van der Waals surface area contributed by atoms with Crippen molar-refractivity contribution in [2.45, 2.75) is 63.8 Å². The van der Waals surface area contributed by atoms with E-state index in [1.807, 2.05) is 26.8 Å². The molecule has 1 aromatic carbocycles. The molecule has 1 aliphatic carbocycles. The third-order valence-corrected chi connectivity index (χ3v) is 5.30. The summed E-state index contributed by atoms with van der Waals surface area (Å²) in [5.74, 6) is 0. The molecule has 19 heavy (non-hydrogen) atoms. The van der Waals surface area contributed by atoms with Crippen molar-refractivity contribution in [1.82, 2.24) is 4.72 Å². The first kappa shape index (κ1) is 14.5. The number of rotatable bonds is 2. The lowest BCUT2D eigenvalue weighted by Gasteiger charge is -2.25. The quantitative estimate of drug-likeness (QED) is 0.906. The van der Waals surface area contributed by atoms with E-state index < -0.39 is 15.6 Å². The fourth-order valence-corrected chi connectivity index (χ4v) is 4.44. The van der Waals surface area contributed by atoms with E-state index in [-0.39, 0.29) is 0 Å². The highest BCUT2D eigenvalue weighted by Crippen LogP contribution is 2.30. The molecule has 0 fully saturated rings. The van der Waals surface area contributed by atoms with Crippen molar-refractivity contribution >= 4 is 10.0 Å². The van der Waals surface area contributed by atoms with Gasteiger partial charge in [-0.15, -0.1) is 0 Å². The summed E-state index contributed by atoms with van der Waals surface area (Å²) < 4.78 is 27.8. The number of fused-ring (bicyclic) bond motifs is 1. The standard InChI is InChI=1S/C15H23NO2S/c1-11-9-10-14(13-8-6-5-7-12(11)13)19(17,18)16-15(2,3)4/h9-10,16H,5-8H2,1-4H3. The predicted molar refractivity (Wildman–Crippen MR) is 77.9 cm³/mol. The molecule has 1 aliphatic rings. The molecule has 4 heteroatoms. The van der Waals surface area contributed by atoms with Crippen LogP contribution >= 0.6 is 0 Å². The molecular formula is C15H23NO2S. The topological polar surface area (TPSA) is 46.2 Å². The molecule has 106 valence electrons. The van der Waals surface area contributed by atoms with Gasteiger partial charge in [-0.25, -0.2) is 13.1 Å². The van der Waals surface area contributed by atoms with Crippen LogP contribution < -0.4 is 4.72 Å². The fraction of sp³-hybridized carbons (Fsp3) is 0.600. The van der Waals surface area contributed by atoms with Gasteiger partial charge in [-0.3, -0.25) is 0 Å². The van der Waals surface area contributed by atoms with Gasteiger partial charge in [0.15, 0.2) is 0 Å². The van der Waals surface area contributed by atoms with Crippen LogP contribution in [0.2, 0.25) is 0 Å². The monoisotopic (exact) mass is 281 g/mol. The molecule has 3 nitrogen and oxygen atoms in total. The van der Waals surface area contributed by atoms with Crippen molar-refractivity contribution in [1.29, 1.82) is 0 Å². The minimum atomic E-state index is -3.43. The van der Waals surface area contributed by atoms with Crippen LogP contribution in [0.25, 0.3) is 0 Å². The molecule has 2 rings (SSSR count). The van der Waals surface area contributed by atoms with Crippen molar-refractivity contribution < 1.29 is 8.42 Å². The number of aryl methyl sites for hydroxylation is 1. The van der Waals surface area contributed by atoms with Gasteiger partial charge in [0.1, 0.15) is 0 Å². The van der Waals surface area contributed by atoms with Crippen LogP contribution in [0.1, 0.15) is 50.3 Å². The summed E-state index contributed by atoms with van der Waals surface area (Å²) >= 11 is 0. The summed E-state index contributed by atoms with van der Waals surface area (Å²) in [6.07, 6.45) is 4.11. The molecule has 1 aromatic rings. The van der Waals surface area contributed by atoms with Gasteiger partial charge in [-0.2, -0.15) is 0 Å². The zero-order valence-corrected chi connectivity index (χ0v) is 13.0. The van der Waals surface area contributed by atoms with E-state index in [9.17, 15) is 8.42 Å². The maximum atomic E-state index is 12.5. The highest BCUT2D eigenvalue weighted by Gasteiger charge is 2.27. The van der Waals surface area contributed by atoms with Crippen LogP contribution in [0.3, 0.4) is 0 Å². The summed E-state index contributed by atoms with van der Waals surface area (Å²) in [5, 5.41) is 0. The van der Waals surface area contributed by atoms with E-state index in [0.29, 0.717) is 4.90 Å². The number of benzene rings is 1. The zero-order chi connectivity index (χ0) is 14.3. The van der Waals surface area contributed by atoms with Crippen LogP contribution in [0.5, 0.6) is 0 Å². The molecule has 0 aliphatic heterocycles. The first-order valence-corrected chi connectivity index (χ1v) is 8.34. The Morgan fingerprint density at radius 3 is 2.21 bits per heavy atom. The van der Waals surface area contributed by atoms with Crippen LogP contribution in [0.15, 0.2) is 17.0 Å². The normalized spacial score (nSPS) is 16.2. The van der Waals surface area contributed by atoms with Gasteiger partial charge in [-0.05, 0) is 76.1 Å². The van der Waals surface area contributed by atoms with Crippen LogP contribution in [-0.2, 0) is 22.9 Å². The summed E-state index contributed by atoms with van der Waals surface area (Å²) in [6.45, 7) is 7.67. The van der Waals surface area contributed by atoms with Crippen molar-refractivity contribution in [3.63, 3.8) is 0 Å². The largest absolute Gasteiger partial charge is 0.241 e. The molecule has 0 unspecified atom stereocenters. The Bertz CT molecular complexity index is 583. The van der Waals surface area contributed by atoms with Gasteiger partial charge >= 0.3 is 0 Å². The van der Waals surface area contributed by atoms with E-state index in [1.165, 1.54) is 11.1 Å². The molecule has 0 spiro atoms. The highest BCUT2D eigenvalue weighted by atomic mass is 32.2. The molecule has 0 amide bonds. The van der Waals surface area contributed by atoms with Gasteiger partial charge < -0.3 is 0 Å². The third-order valence-electron chi connectivity index (χ3n) is 3.46. The predicted octanol–water partition coefficient (Wildman–Crippen LogP) is 2.95. The molecule has 0 radical (unpaired) electrons. The summed E-state index contributed by atoms with van der Waals surface area (Å²) in [4.78, 5) is 0.475. The van der Waals surface area contributed by atoms with Crippen molar-refractivity contribution in [3.8, 4) is 0 Å². The van der Waals surface area contributed by atoms with Gasteiger partial charge in [0, 0.05) is 5.54 Å². The SMILES string of the molecule is Cc1ccc(S(=O)(=O)NC(C)(C)C)c2c1CCCC2. The molecule has 0 atom stereocenters. The Morgan fingerprint density at radius 1 is 1.05 bits per heavy atom. The maximum Gasteiger partial charge on any atom is 0.241 e. The average molecular weight is 281 g/mol. The lowest BCUT2D eigenvalue weighted by molar-refractivity contribution is 0.490. The van der Waals surface area contributed by atoms with Gasteiger partial charge in [-0.1, -0.05) is 6.07 Å². The molecule has 0 aromatic heterocycles. The molecule has 1 N–H and O–H groups in total. The van der Waals surface area contributed by atoms with E-state index in [1.54, 1.807) is 6.07 Å². The molecule has 0 bridgehead atoms. The van der Waals surface area contributed by atoms with E-state index in [4.69, 9.17) is 0 Å². The summed E-state index contributed by atoms with van der Waals surface area (Å²) in [5.41, 5.74) is 3.03. The van der Waals surface area contributed by atoms with Crippen molar-refractivity contribution in [3.05, 3.63) is 28.8 Å². The maximum absolute atomic E-state index is 12.5. The number of sulfonamides is 1. The van der Waals surface area contributed by atoms with Gasteiger partial charge in [0.2, 0.25) is 10.0 Å². The minimum Gasteiger partial charge on any atom is -0.207 e. The zero-order valence-electron chi connectivity index (χ0n) is 12.2. The van der Waals surface area contributed by atoms with Gasteiger partial charge in [0.05, 0.1) is 4.90 Å². The lowest BCUT2D eigenvalue weighted by Crippen LogP contribution is -2.41. The number of nitrogens with one attached hydrogen (secondary N) is 1. The Hall–Kier alpha value is -0.870.